The predicted molar refractivity (Wildman–Crippen MR) is 24.2 cm³/mol. The van der Waals surface area contributed by atoms with E-state index >= 15 is 0 Å². The van der Waals surface area contributed by atoms with Crippen LogP contribution in [0.2, 0.25) is 0 Å². The van der Waals surface area contributed by atoms with E-state index in [4.69, 9.17) is 0 Å². The van der Waals surface area contributed by atoms with E-state index < -0.39 is 0 Å². The minimum Gasteiger partial charge on any atom is 0 e. The normalized spacial score (nSPS) is 0. The summed E-state index contributed by atoms with van der Waals surface area (Å²) in [6.07, 6.45) is 0. The largest absolute Gasteiger partial charge is 0 e. The molecule has 0 spiro atoms. The van der Waals surface area contributed by atoms with Crippen molar-refractivity contribution in [3.8, 4) is 0 Å². The zero-order valence-electron chi connectivity index (χ0n) is 1.89. The van der Waals surface area contributed by atoms with E-state index in [1.54, 1.807) is 0 Å². The van der Waals surface area contributed by atoms with Gasteiger partial charge in [0.25, 0.3) is 0 Å². The third kappa shape index (κ3) is 8.84. The molecule has 0 saturated heterocycles. The van der Waals surface area contributed by atoms with Crippen molar-refractivity contribution in [3.63, 3.8) is 0 Å². The van der Waals surface area contributed by atoms with E-state index in [0.717, 1.165) is 0 Å². The number of hydrogen-bond acceptors (Lipinski definition) is 0. The SMILES string of the molecule is [Bi].[Ge].[P].[Pb]. The second-order valence-corrected chi connectivity index (χ2v) is 0. The van der Waals surface area contributed by atoms with Crippen LogP contribution in [0.25, 0.3) is 0 Å². The molecule has 0 nitrogen and oxygen atoms in total. The Morgan fingerprint density at radius 1 is 1.00 bits per heavy atom. The fourth-order valence-electron chi connectivity index (χ4n) is 0. The van der Waals surface area contributed by atoms with Crippen molar-refractivity contribution in [3.05, 3.63) is 0 Å². The molecular weight excluding hydrogens is 520 g/mol. The van der Waals surface area contributed by atoms with Gasteiger partial charge in [0.2, 0.25) is 0 Å². The predicted octanol–water partition coefficient (Wildman–Crippen LogP) is -0.281. The van der Waals surface area contributed by atoms with E-state index in [-0.39, 0.29) is 81.0 Å². The monoisotopic (exact) mass is 522 g/mol. The van der Waals surface area contributed by atoms with Crippen LogP contribution in [0.15, 0.2) is 0 Å². The molecule has 0 aliphatic rings. The molecule has 0 unspecified atom stereocenters. The van der Waals surface area contributed by atoms with Gasteiger partial charge < -0.3 is 0 Å². The fraction of sp³-hybridized carbons (Fsp3) is 0. The van der Waals surface area contributed by atoms with E-state index in [2.05, 4.69) is 0 Å². The van der Waals surface area contributed by atoms with Gasteiger partial charge in [-0.1, -0.05) is 0 Å². The quantitative estimate of drug-likeness (QED) is 0.305. The molecule has 14 radical (unpaired) electrons. The van der Waals surface area contributed by atoms with Gasteiger partial charge in [0.1, 0.15) is 0 Å². The Morgan fingerprint density at radius 2 is 1.00 bits per heavy atom. The summed E-state index contributed by atoms with van der Waals surface area (Å²) in [7, 11) is 0. The van der Waals surface area contributed by atoms with Crippen molar-refractivity contribution < 1.29 is 0 Å². The molecule has 4 heavy (non-hydrogen) atoms. The zero-order chi connectivity index (χ0) is 0. The average molecular weight is 520 g/mol. The molecule has 0 fully saturated rings. The second kappa shape index (κ2) is 17.1. The molecule has 0 heterocycles. The Morgan fingerprint density at radius 3 is 1.00 bits per heavy atom. The minimum absolute atomic E-state index is 0. The van der Waals surface area contributed by atoms with Crippen molar-refractivity contribution in [2.45, 2.75) is 0 Å². The van der Waals surface area contributed by atoms with Gasteiger partial charge in [0.15, 0.2) is 0 Å². The Bertz CT molecular complexity index is 8.00. The first kappa shape index (κ1) is 29.3. The van der Waals surface area contributed by atoms with E-state index in [1.165, 1.54) is 0 Å². The smallest absolute Gasteiger partial charge is 0 e. The molecule has 0 atom stereocenters. The maximum absolute atomic E-state index is 0. The summed E-state index contributed by atoms with van der Waals surface area (Å²) in [4.78, 5) is 0. The first-order valence-electron chi connectivity index (χ1n) is 0. The summed E-state index contributed by atoms with van der Waals surface area (Å²) >= 11 is 0. The van der Waals surface area contributed by atoms with Crippen LogP contribution in [0.1, 0.15) is 0 Å². The molecule has 0 aliphatic heterocycles. The Hall–Kier alpha value is 2.78. The van der Waals surface area contributed by atoms with E-state index in [0.29, 0.717) is 0 Å². The van der Waals surface area contributed by atoms with Crippen LogP contribution < -0.4 is 0 Å². The summed E-state index contributed by atoms with van der Waals surface area (Å²) in [5, 5.41) is 0. The van der Waals surface area contributed by atoms with Gasteiger partial charge >= 0.3 is 0 Å². The molecule has 0 aliphatic carbocycles. The molecule has 0 aromatic heterocycles. The van der Waals surface area contributed by atoms with Crippen LogP contribution in [-0.4, -0.2) is 71.1 Å². The Labute approximate surface area is 79.7 Å². The van der Waals surface area contributed by atoms with Crippen LogP contribution in [0.5, 0.6) is 0 Å². The molecule has 0 N–H and O–H groups in total. The van der Waals surface area contributed by atoms with Gasteiger partial charge in [-0.15, -0.1) is 0 Å². The minimum atomic E-state index is 0. The third-order valence-electron chi connectivity index (χ3n) is 0. The molecule has 4 heteroatoms. The van der Waals surface area contributed by atoms with E-state index in [1.807, 2.05) is 0 Å². The average Bonchev–Trinajstić information content (AvgIpc) is 0. The van der Waals surface area contributed by atoms with Gasteiger partial charge in [0, 0.05) is 81.0 Å². The zero-order valence-corrected chi connectivity index (χ0v) is 12.3. The molecule has 0 aromatic carbocycles. The summed E-state index contributed by atoms with van der Waals surface area (Å²) in [6.45, 7) is 0. The fourth-order valence-corrected chi connectivity index (χ4v) is 0. The summed E-state index contributed by atoms with van der Waals surface area (Å²) < 4.78 is 0. The van der Waals surface area contributed by atoms with Gasteiger partial charge in [-0.05, 0) is 0 Å². The maximum Gasteiger partial charge on any atom is 0 e. The third-order valence-corrected chi connectivity index (χ3v) is 0. The van der Waals surface area contributed by atoms with Crippen LogP contribution in [0, 0.1) is 0 Å². The topological polar surface area (TPSA) is 0 Å². The molecule has 0 saturated carbocycles. The van der Waals surface area contributed by atoms with Gasteiger partial charge in [0.05, 0.1) is 0 Å². The van der Waals surface area contributed by atoms with Crippen molar-refractivity contribution in [2.75, 3.05) is 0 Å². The molecule has 18 valence electrons. The van der Waals surface area contributed by atoms with Crippen molar-refractivity contribution in [1.29, 1.82) is 0 Å². The second-order valence-electron chi connectivity index (χ2n) is 0. The molecule has 0 amide bonds. The van der Waals surface area contributed by atoms with Crippen LogP contribution in [-0.2, 0) is 0 Å². The summed E-state index contributed by atoms with van der Waals surface area (Å²) in [5.41, 5.74) is 0. The van der Waals surface area contributed by atoms with Crippen molar-refractivity contribution >= 4 is 81.0 Å². The standard InChI is InChI=1S/Bi.Ge.P.Pb. The van der Waals surface area contributed by atoms with Gasteiger partial charge in [-0.2, -0.15) is 0 Å². The molecule has 0 bridgehead atoms. The van der Waals surface area contributed by atoms with Crippen LogP contribution in [0.4, 0.5) is 0 Å². The van der Waals surface area contributed by atoms with Crippen molar-refractivity contribution in [2.24, 2.45) is 0 Å². The Kier molecular flexibility index (Phi) is 125. The van der Waals surface area contributed by atoms with Crippen LogP contribution >= 0.6 is 9.90 Å². The molecular formula is BiGePPb. The summed E-state index contributed by atoms with van der Waals surface area (Å²) in [6, 6.07) is 0. The first-order chi connectivity index (χ1) is 0. The maximum atomic E-state index is 0. The van der Waals surface area contributed by atoms with Gasteiger partial charge in [-0.3, -0.25) is 0 Å². The first-order valence-corrected chi connectivity index (χ1v) is 0. The van der Waals surface area contributed by atoms with Crippen LogP contribution in [0.3, 0.4) is 0 Å². The van der Waals surface area contributed by atoms with Crippen molar-refractivity contribution in [1.82, 2.24) is 0 Å². The number of hydrogen-bond donors (Lipinski definition) is 0. The Balaban J connectivity index is 0. The van der Waals surface area contributed by atoms with Gasteiger partial charge in [-0.25, -0.2) is 0 Å². The molecule has 0 rings (SSSR count). The molecule has 0 aromatic rings. The van der Waals surface area contributed by atoms with E-state index in [9.17, 15) is 0 Å². The summed E-state index contributed by atoms with van der Waals surface area (Å²) in [5.74, 6) is 0. The number of rotatable bonds is 0.